The highest BCUT2D eigenvalue weighted by molar-refractivity contribution is 5.75. The summed E-state index contributed by atoms with van der Waals surface area (Å²) < 4.78 is 0. The van der Waals surface area contributed by atoms with E-state index in [1.807, 2.05) is 6.92 Å². The van der Waals surface area contributed by atoms with E-state index in [2.05, 4.69) is 16.0 Å². The maximum atomic E-state index is 11.6. The maximum absolute atomic E-state index is 11.6. The summed E-state index contributed by atoms with van der Waals surface area (Å²) in [6.45, 7) is 3.68. The predicted octanol–water partition coefficient (Wildman–Crippen LogP) is 0.980. The minimum atomic E-state index is -0.00639. The van der Waals surface area contributed by atoms with Crippen LogP contribution < -0.4 is 16.0 Å². The highest BCUT2D eigenvalue weighted by Gasteiger charge is 2.44. The lowest BCUT2D eigenvalue weighted by Crippen LogP contribution is -2.59. The number of nitrogens with one attached hydrogen (secondary N) is 3. The Labute approximate surface area is 91.2 Å². The summed E-state index contributed by atoms with van der Waals surface area (Å²) in [6.07, 6.45) is 5.93. The van der Waals surface area contributed by atoms with Crippen molar-refractivity contribution in [1.82, 2.24) is 16.0 Å². The molecular weight excluding hydrogens is 190 g/mol. The van der Waals surface area contributed by atoms with Gasteiger partial charge in [0.05, 0.1) is 5.54 Å². The highest BCUT2D eigenvalue weighted by Crippen LogP contribution is 2.34. The minimum absolute atomic E-state index is 0.00639. The second kappa shape index (κ2) is 4.39. The molecule has 1 aliphatic carbocycles. The Morgan fingerprint density at radius 1 is 1.47 bits per heavy atom. The maximum Gasteiger partial charge on any atom is 0.315 e. The van der Waals surface area contributed by atoms with Gasteiger partial charge in [0.1, 0.15) is 0 Å². The molecule has 1 saturated heterocycles. The van der Waals surface area contributed by atoms with Crippen molar-refractivity contribution in [2.24, 2.45) is 0 Å². The van der Waals surface area contributed by atoms with E-state index >= 15 is 0 Å². The van der Waals surface area contributed by atoms with Gasteiger partial charge in [-0.3, -0.25) is 0 Å². The van der Waals surface area contributed by atoms with Gasteiger partial charge in [-0.15, -0.1) is 0 Å². The van der Waals surface area contributed by atoms with E-state index in [0.29, 0.717) is 12.6 Å². The van der Waals surface area contributed by atoms with E-state index in [9.17, 15) is 4.79 Å². The summed E-state index contributed by atoms with van der Waals surface area (Å²) in [5.74, 6) is 0. The lowest BCUT2D eigenvalue weighted by Gasteiger charge is -2.39. The fraction of sp³-hybridized carbons (Fsp3) is 0.909. The van der Waals surface area contributed by atoms with E-state index < -0.39 is 0 Å². The third kappa shape index (κ3) is 2.09. The third-order valence-corrected chi connectivity index (χ3v) is 3.69. The SMILES string of the molecule is CCNC(=O)NC12CCCCC1NCC2. The number of amides is 2. The zero-order valence-electron chi connectivity index (χ0n) is 9.44. The van der Waals surface area contributed by atoms with Crippen molar-refractivity contribution < 1.29 is 4.79 Å². The van der Waals surface area contributed by atoms with Crippen molar-refractivity contribution in [1.29, 1.82) is 0 Å². The second-order valence-corrected chi connectivity index (χ2v) is 4.64. The molecule has 1 heterocycles. The smallest absolute Gasteiger partial charge is 0.315 e. The fourth-order valence-electron chi connectivity index (χ4n) is 2.95. The normalized spacial score (nSPS) is 34.6. The van der Waals surface area contributed by atoms with E-state index in [1.165, 1.54) is 19.3 Å². The van der Waals surface area contributed by atoms with E-state index in [1.54, 1.807) is 0 Å². The van der Waals surface area contributed by atoms with Crippen molar-refractivity contribution in [2.75, 3.05) is 13.1 Å². The van der Waals surface area contributed by atoms with Gasteiger partial charge in [0.25, 0.3) is 0 Å². The van der Waals surface area contributed by atoms with Crippen LogP contribution in [0.25, 0.3) is 0 Å². The molecule has 4 heteroatoms. The van der Waals surface area contributed by atoms with Gasteiger partial charge in [0, 0.05) is 12.6 Å². The van der Waals surface area contributed by atoms with Crippen molar-refractivity contribution in [3.05, 3.63) is 0 Å². The van der Waals surface area contributed by atoms with Crippen LogP contribution in [0.3, 0.4) is 0 Å². The number of carbonyl (C=O) groups excluding carboxylic acids is 1. The molecule has 4 nitrogen and oxygen atoms in total. The molecule has 0 spiro atoms. The molecule has 86 valence electrons. The molecule has 2 atom stereocenters. The van der Waals surface area contributed by atoms with Crippen LogP contribution in [0.1, 0.15) is 39.0 Å². The molecular formula is C11H21N3O. The minimum Gasteiger partial charge on any atom is -0.338 e. The number of urea groups is 1. The summed E-state index contributed by atoms with van der Waals surface area (Å²) >= 11 is 0. The van der Waals surface area contributed by atoms with Crippen LogP contribution in [0.5, 0.6) is 0 Å². The number of hydrogen-bond acceptors (Lipinski definition) is 2. The van der Waals surface area contributed by atoms with Crippen LogP contribution in [0, 0.1) is 0 Å². The van der Waals surface area contributed by atoms with Crippen molar-refractivity contribution >= 4 is 6.03 Å². The predicted molar refractivity (Wildman–Crippen MR) is 59.8 cm³/mol. The van der Waals surface area contributed by atoms with Crippen LogP contribution in [0.15, 0.2) is 0 Å². The number of carbonyl (C=O) groups is 1. The van der Waals surface area contributed by atoms with Gasteiger partial charge < -0.3 is 16.0 Å². The molecule has 2 unspecified atom stereocenters. The van der Waals surface area contributed by atoms with Crippen LogP contribution in [0.4, 0.5) is 4.79 Å². The first-order valence-corrected chi connectivity index (χ1v) is 6.06. The van der Waals surface area contributed by atoms with Gasteiger partial charge in [0.2, 0.25) is 0 Å². The molecule has 0 bridgehead atoms. The average molecular weight is 211 g/mol. The molecule has 2 rings (SSSR count). The molecule has 2 fully saturated rings. The molecule has 0 aromatic heterocycles. The lowest BCUT2D eigenvalue weighted by atomic mass is 9.78. The van der Waals surface area contributed by atoms with E-state index in [4.69, 9.17) is 0 Å². The average Bonchev–Trinajstić information content (AvgIpc) is 2.61. The Morgan fingerprint density at radius 2 is 2.33 bits per heavy atom. The molecule has 2 amide bonds. The summed E-state index contributed by atoms with van der Waals surface area (Å²) in [5.41, 5.74) is 0.0392. The van der Waals surface area contributed by atoms with Crippen molar-refractivity contribution in [3.8, 4) is 0 Å². The highest BCUT2D eigenvalue weighted by atomic mass is 16.2. The van der Waals surface area contributed by atoms with Crippen LogP contribution in [-0.2, 0) is 0 Å². The summed E-state index contributed by atoms with van der Waals surface area (Å²) in [4.78, 5) is 11.6. The van der Waals surface area contributed by atoms with Gasteiger partial charge in [-0.05, 0) is 32.7 Å². The Hall–Kier alpha value is -0.770. The number of rotatable bonds is 2. The first-order valence-electron chi connectivity index (χ1n) is 6.06. The fourth-order valence-corrected chi connectivity index (χ4v) is 2.95. The summed E-state index contributed by atoms with van der Waals surface area (Å²) in [5, 5.41) is 9.51. The monoisotopic (exact) mass is 211 g/mol. The Bertz CT molecular complexity index is 244. The molecule has 0 radical (unpaired) electrons. The number of fused-ring (bicyclic) bond motifs is 1. The van der Waals surface area contributed by atoms with Crippen molar-refractivity contribution in [2.45, 2.75) is 50.6 Å². The first kappa shape index (κ1) is 10.7. The number of hydrogen-bond donors (Lipinski definition) is 3. The molecule has 0 aromatic rings. The Morgan fingerprint density at radius 3 is 3.13 bits per heavy atom. The van der Waals surface area contributed by atoms with Crippen LogP contribution in [0.2, 0.25) is 0 Å². The van der Waals surface area contributed by atoms with Gasteiger partial charge in [-0.1, -0.05) is 12.8 Å². The topological polar surface area (TPSA) is 53.2 Å². The Kier molecular flexibility index (Phi) is 3.14. The molecule has 3 N–H and O–H groups in total. The van der Waals surface area contributed by atoms with Gasteiger partial charge in [-0.2, -0.15) is 0 Å². The zero-order chi connectivity index (χ0) is 10.7. The Balaban J connectivity index is 1.99. The quantitative estimate of drug-likeness (QED) is 0.638. The second-order valence-electron chi connectivity index (χ2n) is 4.64. The van der Waals surface area contributed by atoms with Gasteiger partial charge in [0.15, 0.2) is 0 Å². The van der Waals surface area contributed by atoms with Gasteiger partial charge >= 0.3 is 6.03 Å². The van der Waals surface area contributed by atoms with Crippen LogP contribution >= 0.6 is 0 Å². The third-order valence-electron chi connectivity index (χ3n) is 3.69. The summed E-state index contributed by atoms with van der Waals surface area (Å²) in [6, 6.07) is 0.488. The molecule has 15 heavy (non-hydrogen) atoms. The lowest BCUT2D eigenvalue weighted by molar-refractivity contribution is 0.195. The standard InChI is InChI=1S/C11H21N3O/c1-2-12-10(15)14-11-6-4-3-5-9(11)13-8-7-11/h9,13H,2-8H2,1H3,(H2,12,14,15). The van der Waals surface area contributed by atoms with Crippen molar-refractivity contribution in [3.63, 3.8) is 0 Å². The largest absolute Gasteiger partial charge is 0.338 e. The zero-order valence-corrected chi connectivity index (χ0v) is 9.44. The molecule has 2 aliphatic rings. The molecule has 1 aliphatic heterocycles. The van der Waals surface area contributed by atoms with Crippen LogP contribution in [-0.4, -0.2) is 30.7 Å². The first-order chi connectivity index (χ1) is 7.27. The van der Waals surface area contributed by atoms with Gasteiger partial charge in [-0.25, -0.2) is 4.79 Å². The summed E-state index contributed by atoms with van der Waals surface area (Å²) in [7, 11) is 0. The van der Waals surface area contributed by atoms with E-state index in [-0.39, 0.29) is 11.6 Å². The molecule has 1 saturated carbocycles. The molecule has 0 aromatic carbocycles. The van der Waals surface area contributed by atoms with E-state index in [0.717, 1.165) is 19.4 Å².